The molecule has 2 aromatic carbocycles. The maximum Gasteiger partial charge on any atom is 0.375 e. The van der Waals surface area contributed by atoms with Crippen LogP contribution in [0.3, 0.4) is 0 Å². The number of aromatic nitrogens is 4. The quantitative estimate of drug-likeness (QED) is 0.425. The van der Waals surface area contributed by atoms with Crippen LogP contribution in [0.5, 0.6) is 0 Å². The molecule has 0 N–H and O–H groups in total. The monoisotopic (exact) mass is 323 g/mol. The fraction of sp³-hybridized carbons (Fsp3) is 0.0476. The fourth-order valence-electron chi connectivity index (χ4n) is 4.00. The first-order chi connectivity index (χ1) is 12.4. The summed E-state index contributed by atoms with van der Waals surface area (Å²) in [6.07, 6.45) is 4.09. The van der Waals surface area contributed by atoms with Crippen LogP contribution in [0.2, 0.25) is 0 Å². The van der Waals surface area contributed by atoms with Crippen LogP contribution in [0.25, 0.3) is 33.9 Å². The van der Waals surface area contributed by atoms with Gasteiger partial charge >= 0.3 is 5.78 Å². The number of pyridine rings is 1. The molecule has 25 heavy (non-hydrogen) atoms. The van der Waals surface area contributed by atoms with Gasteiger partial charge in [-0.1, -0.05) is 36.4 Å². The average molecular weight is 323 g/mol. The third-order valence-corrected chi connectivity index (χ3v) is 5.06. The van der Waals surface area contributed by atoms with Gasteiger partial charge in [0.1, 0.15) is 28.6 Å². The van der Waals surface area contributed by atoms with Crippen LogP contribution in [0.15, 0.2) is 79.1 Å². The molecule has 0 fully saturated rings. The number of fused-ring (bicyclic) bond motifs is 7. The third-order valence-electron chi connectivity index (χ3n) is 5.06. The Labute approximate surface area is 144 Å². The van der Waals surface area contributed by atoms with Gasteiger partial charge in [0.2, 0.25) is 0 Å². The van der Waals surface area contributed by atoms with E-state index in [0.717, 1.165) is 12.2 Å². The Morgan fingerprint density at radius 1 is 0.880 bits per heavy atom. The van der Waals surface area contributed by atoms with E-state index in [9.17, 15) is 0 Å². The number of nitrogens with zero attached hydrogens (tertiary/aromatic N) is 4. The molecule has 0 radical (unpaired) electrons. The maximum atomic E-state index is 4.61. The lowest BCUT2D eigenvalue weighted by Crippen LogP contribution is -2.18. The standard InChI is InChI=1S/C21H15N4/c1-2-8-16(9-3-1)25-18-11-5-4-10-17(18)24-14-19-20-15(7-6-12-22-20)13-23(19)21(24)25/h1-12,14H,13H2/q+1. The molecule has 0 saturated carbocycles. The smallest absolute Gasteiger partial charge is 0.253 e. The summed E-state index contributed by atoms with van der Waals surface area (Å²) in [5.74, 6) is 1.17. The van der Waals surface area contributed by atoms with Gasteiger partial charge in [0, 0.05) is 11.8 Å². The van der Waals surface area contributed by atoms with E-state index in [1.807, 2.05) is 12.3 Å². The molecule has 0 spiro atoms. The van der Waals surface area contributed by atoms with E-state index in [1.54, 1.807) is 0 Å². The van der Waals surface area contributed by atoms with Crippen molar-refractivity contribution in [1.82, 2.24) is 14.1 Å². The molecule has 1 aliphatic rings. The molecule has 4 heteroatoms. The molecule has 118 valence electrons. The molecule has 4 nitrogen and oxygen atoms in total. The minimum absolute atomic E-state index is 0.859. The number of imidazole rings is 2. The minimum atomic E-state index is 0.859. The molecule has 5 aromatic rings. The summed E-state index contributed by atoms with van der Waals surface area (Å²) >= 11 is 0. The lowest BCUT2D eigenvalue weighted by molar-refractivity contribution is -0.480. The molecular formula is C21H15N4+. The minimum Gasteiger partial charge on any atom is -0.253 e. The molecule has 1 aliphatic heterocycles. The second-order valence-corrected chi connectivity index (χ2v) is 6.44. The van der Waals surface area contributed by atoms with Crippen molar-refractivity contribution in [2.75, 3.05) is 0 Å². The summed E-state index contributed by atoms with van der Waals surface area (Å²) in [7, 11) is 0. The van der Waals surface area contributed by atoms with E-state index in [4.69, 9.17) is 0 Å². The van der Waals surface area contributed by atoms with Crippen molar-refractivity contribution in [3.05, 3.63) is 84.7 Å². The van der Waals surface area contributed by atoms with Crippen LogP contribution in [-0.2, 0) is 6.54 Å². The van der Waals surface area contributed by atoms with Crippen molar-refractivity contribution in [3.8, 4) is 17.1 Å². The highest BCUT2D eigenvalue weighted by atomic mass is 15.3. The highest BCUT2D eigenvalue weighted by Gasteiger charge is 2.33. The second-order valence-electron chi connectivity index (χ2n) is 6.44. The van der Waals surface area contributed by atoms with Crippen molar-refractivity contribution in [3.63, 3.8) is 0 Å². The van der Waals surface area contributed by atoms with Gasteiger partial charge in [-0.05, 0) is 30.3 Å². The van der Waals surface area contributed by atoms with Crippen LogP contribution in [0.4, 0.5) is 0 Å². The lowest BCUT2D eigenvalue weighted by Gasteiger charge is -2.01. The van der Waals surface area contributed by atoms with Crippen LogP contribution < -0.4 is 4.40 Å². The zero-order chi connectivity index (χ0) is 16.4. The first-order valence-corrected chi connectivity index (χ1v) is 8.46. The van der Waals surface area contributed by atoms with Gasteiger partial charge in [-0.15, -0.1) is 0 Å². The molecule has 0 bridgehead atoms. The van der Waals surface area contributed by atoms with E-state index < -0.39 is 0 Å². The summed E-state index contributed by atoms with van der Waals surface area (Å²) < 4.78 is 6.99. The number of rotatable bonds is 1. The highest BCUT2D eigenvalue weighted by molar-refractivity contribution is 5.79. The summed E-state index contributed by atoms with van der Waals surface area (Å²) in [5.41, 5.74) is 7.15. The van der Waals surface area contributed by atoms with E-state index in [-0.39, 0.29) is 0 Å². The zero-order valence-electron chi connectivity index (χ0n) is 13.5. The van der Waals surface area contributed by atoms with Crippen LogP contribution >= 0.6 is 0 Å². The zero-order valence-corrected chi connectivity index (χ0v) is 13.5. The molecule has 0 saturated heterocycles. The van der Waals surface area contributed by atoms with Crippen molar-refractivity contribution in [2.24, 2.45) is 0 Å². The Morgan fingerprint density at radius 2 is 1.72 bits per heavy atom. The molecule has 3 aromatic heterocycles. The molecule has 0 unspecified atom stereocenters. The van der Waals surface area contributed by atoms with Crippen LogP contribution in [-0.4, -0.2) is 14.1 Å². The molecular weight excluding hydrogens is 308 g/mol. The number of para-hydroxylation sites is 3. The molecule has 0 amide bonds. The third kappa shape index (κ3) is 1.61. The van der Waals surface area contributed by atoms with Crippen LogP contribution in [0, 0.1) is 0 Å². The lowest BCUT2D eigenvalue weighted by atomic mass is 10.2. The summed E-state index contributed by atoms with van der Waals surface area (Å²) in [6.45, 7) is 0.859. The fourth-order valence-corrected chi connectivity index (χ4v) is 4.00. The van der Waals surface area contributed by atoms with Crippen LogP contribution in [0.1, 0.15) is 5.56 Å². The first kappa shape index (κ1) is 13.0. The van der Waals surface area contributed by atoms with Gasteiger partial charge in [-0.3, -0.25) is 4.98 Å². The Hall–Kier alpha value is -3.40. The van der Waals surface area contributed by atoms with Gasteiger partial charge in [-0.25, -0.2) is 4.57 Å². The molecule has 6 rings (SSSR count). The van der Waals surface area contributed by atoms with Gasteiger partial charge in [0.05, 0.1) is 6.54 Å². The SMILES string of the molecule is c1ccc(-n2c3ccccc3[n+]3cc4n(c23)Cc2cccnc2-4)cc1. The average Bonchev–Trinajstić information content (AvgIpc) is 3.30. The summed E-state index contributed by atoms with van der Waals surface area (Å²) in [4.78, 5) is 4.61. The van der Waals surface area contributed by atoms with Crippen molar-refractivity contribution in [1.29, 1.82) is 0 Å². The van der Waals surface area contributed by atoms with Gasteiger partial charge in [-0.2, -0.15) is 8.97 Å². The second kappa shape index (κ2) is 4.57. The Bertz CT molecular complexity index is 1260. The first-order valence-electron chi connectivity index (χ1n) is 8.46. The van der Waals surface area contributed by atoms with Gasteiger partial charge in [0.15, 0.2) is 5.69 Å². The van der Waals surface area contributed by atoms with Crippen molar-refractivity contribution < 1.29 is 4.40 Å². The van der Waals surface area contributed by atoms with Crippen molar-refractivity contribution >= 4 is 16.8 Å². The Balaban J connectivity index is 1.79. The van der Waals surface area contributed by atoms with Crippen molar-refractivity contribution in [2.45, 2.75) is 6.54 Å². The topological polar surface area (TPSA) is 26.9 Å². The number of hydrogen-bond donors (Lipinski definition) is 0. The van der Waals surface area contributed by atoms with E-state index in [2.05, 4.69) is 85.4 Å². The Morgan fingerprint density at radius 3 is 2.64 bits per heavy atom. The Kier molecular flexibility index (Phi) is 2.37. The molecule has 0 aliphatic carbocycles. The summed E-state index contributed by atoms with van der Waals surface area (Å²) in [5, 5.41) is 0. The predicted octanol–water partition coefficient (Wildman–Crippen LogP) is 3.59. The van der Waals surface area contributed by atoms with E-state index >= 15 is 0 Å². The molecule has 0 atom stereocenters. The normalized spacial score (nSPS) is 12.6. The predicted molar refractivity (Wildman–Crippen MR) is 96.8 cm³/mol. The number of hydrogen-bond acceptors (Lipinski definition) is 1. The van der Waals surface area contributed by atoms with Gasteiger partial charge in [0.25, 0.3) is 0 Å². The highest BCUT2D eigenvalue weighted by Crippen LogP contribution is 2.33. The van der Waals surface area contributed by atoms with E-state index in [0.29, 0.717) is 0 Å². The largest absolute Gasteiger partial charge is 0.375 e. The maximum absolute atomic E-state index is 4.61. The summed E-state index contributed by atoms with van der Waals surface area (Å²) in [6, 6.07) is 23.3. The number of benzene rings is 2. The molecule has 4 heterocycles. The van der Waals surface area contributed by atoms with E-state index in [1.165, 1.54) is 33.8 Å². The van der Waals surface area contributed by atoms with Gasteiger partial charge < -0.3 is 0 Å².